The molecule has 0 aliphatic rings. The van der Waals surface area contributed by atoms with Crippen LogP contribution in [-0.2, 0) is 0 Å². The van der Waals surface area contributed by atoms with Crippen molar-refractivity contribution in [1.82, 2.24) is 0 Å². The van der Waals surface area contributed by atoms with E-state index in [2.05, 4.69) is 0 Å². The molecule has 11 heavy (non-hydrogen) atoms. The van der Waals surface area contributed by atoms with Crippen LogP contribution in [0, 0.1) is 19.7 Å². The van der Waals surface area contributed by atoms with E-state index in [1.807, 2.05) is 13.0 Å². The summed E-state index contributed by atoms with van der Waals surface area (Å²) >= 11 is 0. The third kappa shape index (κ3) is 3.12. The van der Waals surface area contributed by atoms with Gasteiger partial charge in [0, 0.05) is 0 Å². The molecule has 0 unspecified atom stereocenters. The van der Waals surface area contributed by atoms with Crippen molar-refractivity contribution in [2.45, 2.75) is 13.8 Å². The highest BCUT2D eigenvalue weighted by molar-refractivity contribution is 5.21. The van der Waals surface area contributed by atoms with Gasteiger partial charge in [0.1, 0.15) is 5.82 Å². The summed E-state index contributed by atoms with van der Waals surface area (Å²) in [4.78, 5) is 0. The first-order valence-electron chi connectivity index (χ1n) is 3.30. The highest BCUT2D eigenvalue weighted by Gasteiger charge is 1.93. The number of hydrogen-bond acceptors (Lipinski definition) is 0. The molecule has 0 fully saturated rings. The van der Waals surface area contributed by atoms with E-state index in [9.17, 15) is 8.78 Å². The smallest absolute Gasteiger partial charge is 0.126 e. The van der Waals surface area contributed by atoms with Crippen molar-refractivity contribution < 1.29 is 8.78 Å². The summed E-state index contributed by atoms with van der Waals surface area (Å²) in [5, 5.41) is 0. The number of halogens is 2. The fraction of sp³-hybridized carbons (Fsp3) is 0.333. The third-order valence-corrected chi connectivity index (χ3v) is 1.33. The van der Waals surface area contributed by atoms with E-state index in [1.54, 1.807) is 13.0 Å². The molecule has 0 spiro atoms. The summed E-state index contributed by atoms with van der Waals surface area (Å²) in [6.07, 6.45) is 0. The number of alkyl halides is 1. The van der Waals surface area contributed by atoms with E-state index >= 15 is 0 Å². The minimum Gasteiger partial charge on any atom is -0.255 e. The van der Waals surface area contributed by atoms with E-state index in [0.717, 1.165) is 5.56 Å². The van der Waals surface area contributed by atoms with Crippen molar-refractivity contribution in [2.75, 3.05) is 7.18 Å². The largest absolute Gasteiger partial charge is 0.255 e. The van der Waals surface area contributed by atoms with Gasteiger partial charge in [0.05, 0.1) is 7.18 Å². The molecule has 0 heterocycles. The van der Waals surface area contributed by atoms with Crippen molar-refractivity contribution in [3.8, 4) is 0 Å². The predicted molar refractivity (Wildman–Crippen MR) is 42.9 cm³/mol. The standard InChI is InChI=1S/C8H9F.CH3F/c1-6-3-4-7(2)8(9)5-6;1-2/h3-5H,1-2H3;1H3. The molecule has 0 amide bonds. The van der Waals surface area contributed by atoms with Crippen LogP contribution in [0.2, 0.25) is 0 Å². The molecule has 0 nitrogen and oxygen atoms in total. The molecular formula is C9H12F2. The maximum atomic E-state index is 12.6. The quantitative estimate of drug-likeness (QED) is 0.544. The van der Waals surface area contributed by atoms with Crippen molar-refractivity contribution in [2.24, 2.45) is 0 Å². The Hall–Kier alpha value is -0.920. The minimum absolute atomic E-state index is 0.116. The van der Waals surface area contributed by atoms with Gasteiger partial charge < -0.3 is 0 Å². The summed E-state index contributed by atoms with van der Waals surface area (Å²) in [7, 11) is 0.500. The summed E-state index contributed by atoms with van der Waals surface area (Å²) in [5.74, 6) is -0.116. The van der Waals surface area contributed by atoms with Gasteiger partial charge in [-0.3, -0.25) is 4.39 Å². The van der Waals surface area contributed by atoms with Gasteiger partial charge in [-0.1, -0.05) is 12.1 Å². The van der Waals surface area contributed by atoms with Crippen molar-refractivity contribution in [3.05, 3.63) is 35.1 Å². The van der Waals surface area contributed by atoms with Crippen LogP contribution in [0.5, 0.6) is 0 Å². The maximum Gasteiger partial charge on any atom is 0.126 e. The SMILES string of the molecule is CF.Cc1ccc(C)c(F)c1. The second kappa shape index (κ2) is 4.83. The molecule has 0 aromatic heterocycles. The van der Waals surface area contributed by atoms with Gasteiger partial charge in [0.15, 0.2) is 0 Å². The van der Waals surface area contributed by atoms with Gasteiger partial charge in [-0.2, -0.15) is 0 Å². The fourth-order valence-electron chi connectivity index (χ4n) is 0.698. The lowest BCUT2D eigenvalue weighted by Crippen LogP contribution is -1.81. The van der Waals surface area contributed by atoms with E-state index in [4.69, 9.17) is 0 Å². The lowest BCUT2D eigenvalue weighted by molar-refractivity contribution is 0.617. The first-order valence-corrected chi connectivity index (χ1v) is 3.30. The van der Waals surface area contributed by atoms with Crippen LogP contribution in [0.15, 0.2) is 18.2 Å². The predicted octanol–water partition coefficient (Wildman–Crippen LogP) is 3.03. The molecule has 0 bridgehead atoms. The molecule has 0 saturated carbocycles. The molecule has 0 N–H and O–H groups in total. The monoisotopic (exact) mass is 158 g/mol. The van der Waals surface area contributed by atoms with Gasteiger partial charge in [-0.05, 0) is 31.0 Å². The average Bonchev–Trinajstić information content (AvgIpc) is 2.02. The van der Waals surface area contributed by atoms with E-state index in [1.165, 1.54) is 6.07 Å². The zero-order chi connectivity index (χ0) is 8.85. The molecule has 0 radical (unpaired) electrons. The number of benzene rings is 1. The number of hydrogen-bond donors (Lipinski definition) is 0. The summed E-state index contributed by atoms with van der Waals surface area (Å²) in [6.45, 7) is 3.64. The van der Waals surface area contributed by atoms with Gasteiger partial charge in [-0.25, -0.2) is 4.39 Å². The molecule has 1 rings (SSSR count). The molecule has 0 aliphatic carbocycles. The van der Waals surface area contributed by atoms with Crippen LogP contribution in [0.25, 0.3) is 0 Å². The van der Waals surface area contributed by atoms with Gasteiger partial charge in [0.2, 0.25) is 0 Å². The molecule has 0 atom stereocenters. The highest BCUT2D eigenvalue weighted by atomic mass is 19.1. The molecule has 1 aromatic rings. The van der Waals surface area contributed by atoms with Crippen LogP contribution < -0.4 is 0 Å². The second-order valence-electron chi connectivity index (χ2n) is 2.25. The molecule has 0 aliphatic heterocycles. The molecule has 1 aromatic carbocycles. The maximum absolute atomic E-state index is 12.6. The Morgan fingerprint density at radius 2 is 1.64 bits per heavy atom. The van der Waals surface area contributed by atoms with Crippen molar-refractivity contribution in [3.63, 3.8) is 0 Å². The Morgan fingerprint density at radius 1 is 1.09 bits per heavy atom. The van der Waals surface area contributed by atoms with E-state index in [-0.39, 0.29) is 5.82 Å². The zero-order valence-electron chi connectivity index (χ0n) is 6.99. The fourth-order valence-corrected chi connectivity index (χ4v) is 0.698. The Kier molecular flexibility index (Phi) is 4.42. The van der Waals surface area contributed by atoms with Crippen LogP contribution >= 0.6 is 0 Å². The molecule has 0 saturated heterocycles. The van der Waals surface area contributed by atoms with Crippen molar-refractivity contribution in [1.29, 1.82) is 0 Å². The molecular weight excluding hydrogens is 146 g/mol. The Labute approximate surface area is 65.9 Å². The minimum atomic E-state index is -0.116. The van der Waals surface area contributed by atoms with Gasteiger partial charge >= 0.3 is 0 Å². The van der Waals surface area contributed by atoms with Crippen molar-refractivity contribution >= 4 is 0 Å². The highest BCUT2D eigenvalue weighted by Crippen LogP contribution is 2.06. The Morgan fingerprint density at radius 3 is 2.00 bits per heavy atom. The average molecular weight is 158 g/mol. The zero-order valence-corrected chi connectivity index (χ0v) is 6.99. The topological polar surface area (TPSA) is 0 Å². The number of rotatable bonds is 0. The number of aryl methyl sites for hydroxylation is 2. The lowest BCUT2D eigenvalue weighted by atomic mass is 10.2. The van der Waals surface area contributed by atoms with Crippen LogP contribution in [0.3, 0.4) is 0 Å². The van der Waals surface area contributed by atoms with Crippen LogP contribution in [0.4, 0.5) is 8.78 Å². The summed E-state index contributed by atoms with van der Waals surface area (Å²) < 4.78 is 22.1. The Balaban J connectivity index is 0.000000461. The second-order valence-corrected chi connectivity index (χ2v) is 2.25. The van der Waals surface area contributed by atoms with Crippen LogP contribution in [-0.4, -0.2) is 7.18 Å². The first kappa shape index (κ1) is 10.1. The summed E-state index contributed by atoms with van der Waals surface area (Å²) in [6, 6.07) is 5.22. The lowest BCUT2D eigenvalue weighted by Gasteiger charge is -1.94. The van der Waals surface area contributed by atoms with Crippen LogP contribution in [0.1, 0.15) is 11.1 Å². The Bertz CT molecular complexity index is 219. The van der Waals surface area contributed by atoms with Gasteiger partial charge in [-0.15, -0.1) is 0 Å². The molecule has 2 heteroatoms. The first-order chi connectivity index (χ1) is 5.20. The summed E-state index contributed by atoms with van der Waals surface area (Å²) in [5.41, 5.74) is 1.68. The van der Waals surface area contributed by atoms with Gasteiger partial charge in [0.25, 0.3) is 0 Å². The van der Waals surface area contributed by atoms with E-state index in [0.29, 0.717) is 12.7 Å². The normalized spacial score (nSPS) is 8.45. The molecule has 62 valence electrons. The third-order valence-electron chi connectivity index (χ3n) is 1.33. The van der Waals surface area contributed by atoms with E-state index < -0.39 is 0 Å².